The fourth-order valence-electron chi connectivity index (χ4n) is 2.72. The lowest BCUT2D eigenvalue weighted by molar-refractivity contribution is 0.164. The van der Waals surface area contributed by atoms with E-state index in [-0.39, 0.29) is 0 Å². The van der Waals surface area contributed by atoms with Crippen LogP contribution in [-0.4, -0.2) is 40.1 Å². The van der Waals surface area contributed by atoms with E-state index in [1.165, 1.54) is 0 Å². The highest BCUT2D eigenvalue weighted by Gasteiger charge is 2.37. The van der Waals surface area contributed by atoms with E-state index in [0.29, 0.717) is 37.2 Å². The fourth-order valence-corrected chi connectivity index (χ4v) is 5.48. The first kappa shape index (κ1) is 23.8. The molecule has 0 bridgehead atoms. The van der Waals surface area contributed by atoms with E-state index < -0.39 is 8.45 Å². The molecule has 0 fully saturated rings. The van der Waals surface area contributed by atoms with Crippen molar-refractivity contribution in [3.05, 3.63) is 0 Å². The molecule has 0 aromatic carbocycles. The lowest BCUT2D eigenvalue weighted by Crippen LogP contribution is -2.45. The van der Waals surface area contributed by atoms with Crippen molar-refractivity contribution in [2.75, 3.05) is 6.61 Å². The van der Waals surface area contributed by atoms with Crippen molar-refractivity contribution in [1.82, 2.24) is 9.34 Å². The van der Waals surface area contributed by atoms with Crippen molar-refractivity contribution in [3.63, 3.8) is 0 Å². The van der Waals surface area contributed by atoms with E-state index in [0.717, 1.165) is 25.7 Å². The summed E-state index contributed by atoms with van der Waals surface area (Å²) in [6, 6.07) is 4.12. The van der Waals surface area contributed by atoms with Gasteiger partial charge in [-0.1, -0.05) is 27.7 Å². The summed E-state index contributed by atoms with van der Waals surface area (Å²) in [5, 5.41) is 8.93. The average molecular weight is 358 g/mol. The third-order valence-corrected chi connectivity index (χ3v) is 7.77. The third kappa shape index (κ3) is 6.96. The zero-order valence-electron chi connectivity index (χ0n) is 17.2. The van der Waals surface area contributed by atoms with Crippen LogP contribution in [0.1, 0.15) is 87.5 Å². The Hall–Kier alpha value is -0.200. The summed E-state index contributed by atoms with van der Waals surface area (Å²) in [7, 11) is -0.865. The Kier molecular flexibility index (Phi) is 13.0. The molecule has 0 saturated carbocycles. The molecule has 4 atom stereocenters. The summed E-state index contributed by atoms with van der Waals surface area (Å²) >= 11 is 0. The first-order chi connectivity index (χ1) is 11.4. The van der Waals surface area contributed by atoms with Crippen LogP contribution in [0.4, 0.5) is 0 Å². The second kappa shape index (κ2) is 13.1. The molecule has 0 heterocycles. The van der Waals surface area contributed by atoms with E-state index in [2.05, 4.69) is 70.8 Å². The number of nitrogens with zero attached hydrogens (tertiary/aromatic N) is 3. The second-order valence-corrected chi connectivity index (χ2v) is 8.47. The van der Waals surface area contributed by atoms with Gasteiger partial charge in [0, 0.05) is 24.2 Å². The van der Waals surface area contributed by atoms with Gasteiger partial charge in [-0.25, -0.2) is 9.34 Å². The van der Waals surface area contributed by atoms with E-state index >= 15 is 0 Å². The monoisotopic (exact) mass is 357 g/mol. The molecule has 142 valence electrons. The van der Waals surface area contributed by atoms with Gasteiger partial charge in [-0.05, 0) is 53.4 Å². The average Bonchev–Trinajstić information content (AvgIpc) is 2.60. The van der Waals surface area contributed by atoms with Gasteiger partial charge in [0.25, 0.3) is 0 Å². The molecule has 24 heavy (non-hydrogen) atoms. The van der Waals surface area contributed by atoms with Crippen LogP contribution < -0.4 is 0 Å². The minimum absolute atomic E-state index is 0.461. The van der Waals surface area contributed by atoms with Crippen molar-refractivity contribution < 1.29 is 4.52 Å². The molecule has 0 rings (SSSR count). The molecule has 0 aromatic heterocycles. The normalized spacial score (nSPS) is 18.2. The van der Waals surface area contributed by atoms with Crippen LogP contribution in [0.3, 0.4) is 0 Å². The van der Waals surface area contributed by atoms with Crippen molar-refractivity contribution >= 4 is 8.45 Å². The summed E-state index contributed by atoms with van der Waals surface area (Å²) in [4.78, 5) is 0. The van der Waals surface area contributed by atoms with E-state index in [4.69, 9.17) is 9.79 Å². The van der Waals surface area contributed by atoms with Gasteiger partial charge in [-0.15, -0.1) is 0 Å². The fraction of sp³-hybridized carbons (Fsp3) is 0.947. The molecule has 0 N–H and O–H groups in total. The van der Waals surface area contributed by atoms with E-state index in [9.17, 15) is 0 Å². The SMILES string of the molecule is CCC(C)N(C(C)CC)P(OCCC#N)N(C(C)CC)C(C)CC. The lowest BCUT2D eigenvalue weighted by Gasteiger charge is -2.47. The van der Waals surface area contributed by atoms with Crippen molar-refractivity contribution in [3.8, 4) is 6.07 Å². The van der Waals surface area contributed by atoms with Gasteiger partial charge in [0.15, 0.2) is 8.45 Å². The predicted molar refractivity (Wildman–Crippen MR) is 106 cm³/mol. The number of rotatable bonds is 13. The second-order valence-electron chi connectivity index (χ2n) is 6.78. The molecule has 0 saturated heterocycles. The molecular formula is C19H40N3OP. The quantitative estimate of drug-likeness (QED) is 0.302. The molecule has 0 amide bonds. The molecule has 5 heteroatoms. The summed E-state index contributed by atoms with van der Waals surface area (Å²) in [5.74, 6) is 0. The zero-order valence-corrected chi connectivity index (χ0v) is 18.1. The molecule has 4 nitrogen and oxygen atoms in total. The van der Waals surface area contributed by atoms with Crippen LogP contribution in [0.2, 0.25) is 0 Å². The van der Waals surface area contributed by atoms with Crippen LogP contribution in [0.25, 0.3) is 0 Å². The Bertz CT molecular complexity index is 317. The Labute approximate surface area is 152 Å². The molecule has 0 aliphatic rings. The Morgan fingerprint density at radius 2 is 1.12 bits per heavy atom. The molecule has 0 aliphatic heterocycles. The van der Waals surface area contributed by atoms with Gasteiger partial charge < -0.3 is 4.52 Å². The summed E-state index contributed by atoms with van der Waals surface area (Å²) in [5.41, 5.74) is 0. The van der Waals surface area contributed by atoms with Gasteiger partial charge in [0.1, 0.15) is 0 Å². The number of hydrogen-bond acceptors (Lipinski definition) is 4. The standard InChI is InChI=1S/C19H40N3OP/c1-9-16(5)21(17(6)10-2)24(23-15-13-14-20)22(18(7)11-3)19(8)12-4/h16-19H,9-13,15H2,1-8H3. The van der Waals surface area contributed by atoms with Crippen LogP contribution in [0.5, 0.6) is 0 Å². The maximum absolute atomic E-state index is 8.93. The largest absolute Gasteiger partial charge is 0.330 e. The first-order valence-corrected chi connectivity index (χ1v) is 10.9. The molecule has 0 spiro atoms. The molecule has 0 aliphatic carbocycles. The van der Waals surface area contributed by atoms with Gasteiger partial charge in [-0.3, -0.25) is 0 Å². The van der Waals surface area contributed by atoms with Crippen molar-refractivity contribution in [2.24, 2.45) is 0 Å². The summed E-state index contributed by atoms with van der Waals surface area (Å²) < 4.78 is 11.6. The first-order valence-electron chi connectivity index (χ1n) is 9.75. The lowest BCUT2D eigenvalue weighted by atomic mass is 10.2. The van der Waals surface area contributed by atoms with Crippen LogP contribution in [0, 0.1) is 11.3 Å². The van der Waals surface area contributed by atoms with Crippen LogP contribution in [0.15, 0.2) is 0 Å². The zero-order chi connectivity index (χ0) is 18.7. The van der Waals surface area contributed by atoms with Gasteiger partial charge in [0.2, 0.25) is 0 Å². The van der Waals surface area contributed by atoms with Crippen LogP contribution >= 0.6 is 8.45 Å². The summed E-state index contributed by atoms with van der Waals surface area (Å²) in [6.07, 6.45) is 4.90. The van der Waals surface area contributed by atoms with Crippen molar-refractivity contribution in [2.45, 2.75) is 112 Å². The Morgan fingerprint density at radius 1 is 0.792 bits per heavy atom. The van der Waals surface area contributed by atoms with Gasteiger partial charge >= 0.3 is 0 Å². The smallest absolute Gasteiger partial charge is 0.189 e. The topological polar surface area (TPSA) is 39.5 Å². The highest BCUT2D eigenvalue weighted by Crippen LogP contribution is 2.52. The molecule has 0 radical (unpaired) electrons. The maximum Gasteiger partial charge on any atom is 0.189 e. The summed E-state index contributed by atoms with van der Waals surface area (Å²) in [6.45, 7) is 18.7. The van der Waals surface area contributed by atoms with E-state index in [1.54, 1.807) is 0 Å². The minimum atomic E-state index is -0.865. The van der Waals surface area contributed by atoms with E-state index in [1.807, 2.05) is 0 Å². The van der Waals surface area contributed by atoms with Crippen molar-refractivity contribution in [1.29, 1.82) is 5.26 Å². The van der Waals surface area contributed by atoms with Crippen LogP contribution in [-0.2, 0) is 4.52 Å². The Balaban J connectivity index is 5.74. The highest BCUT2D eigenvalue weighted by atomic mass is 31.2. The molecular weight excluding hydrogens is 317 g/mol. The molecule has 4 unspecified atom stereocenters. The predicted octanol–water partition coefficient (Wildman–Crippen LogP) is 5.94. The van der Waals surface area contributed by atoms with Gasteiger partial charge in [-0.2, -0.15) is 5.26 Å². The van der Waals surface area contributed by atoms with Gasteiger partial charge in [0.05, 0.1) is 19.1 Å². The minimum Gasteiger partial charge on any atom is -0.330 e. The molecule has 0 aromatic rings. The number of nitriles is 1. The third-order valence-electron chi connectivity index (χ3n) is 4.99. The Morgan fingerprint density at radius 3 is 1.38 bits per heavy atom. The number of hydrogen-bond donors (Lipinski definition) is 0. The maximum atomic E-state index is 8.93. The highest BCUT2D eigenvalue weighted by molar-refractivity contribution is 7.47.